The molecular formula is C10H10N2O2. The van der Waals surface area contributed by atoms with Crippen molar-refractivity contribution in [2.24, 2.45) is 4.99 Å². The maximum absolute atomic E-state index is 11.2. The second-order valence-electron chi connectivity index (χ2n) is 2.90. The van der Waals surface area contributed by atoms with Crippen molar-refractivity contribution >= 4 is 17.9 Å². The van der Waals surface area contributed by atoms with E-state index < -0.39 is 0 Å². The molecule has 0 saturated heterocycles. The van der Waals surface area contributed by atoms with Gasteiger partial charge in [-0.25, -0.2) is 9.79 Å². The molecule has 0 radical (unpaired) electrons. The molecule has 0 spiro atoms. The number of benzene rings is 1. The number of carbonyl (C=O) groups excluding carboxylic acids is 1. The molecule has 4 heteroatoms. The van der Waals surface area contributed by atoms with Crippen LogP contribution in [0.25, 0.3) is 0 Å². The molecule has 1 aromatic carbocycles. The van der Waals surface area contributed by atoms with Crippen LogP contribution in [0.1, 0.15) is 0 Å². The molecule has 1 heterocycles. The van der Waals surface area contributed by atoms with E-state index in [0.717, 1.165) is 11.4 Å². The predicted octanol–water partition coefficient (Wildman–Crippen LogP) is 1.71. The summed E-state index contributed by atoms with van der Waals surface area (Å²) < 4.78 is 5.02. The van der Waals surface area contributed by atoms with Crippen molar-refractivity contribution in [3.8, 4) is 5.75 Å². The first-order valence-corrected chi connectivity index (χ1v) is 4.29. The number of ether oxygens (including phenoxy) is 1. The molecule has 0 N–H and O–H groups in total. The number of urea groups is 1. The van der Waals surface area contributed by atoms with Crippen LogP contribution in [0, 0.1) is 0 Å². The van der Waals surface area contributed by atoms with E-state index >= 15 is 0 Å². The summed E-state index contributed by atoms with van der Waals surface area (Å²) in [7, 11) is 1.61. The summed E-state index contributed by atoms with van der Waals surface area (Å²) in [6.07, 6.45) is 1.60. The first-order valence-electron chi connectivity index (χ1n) is 4.29. The maximum atomic E-state index is 11.2. The topological polar surface area (TPSA) is 41.9 Å². The Morgan fingerprint density at radius 3 is 2.57 bits per heavy atom. The van der Waals surface area contributed by atoms with Crippen molar-refractivity contribution in [1.82, 2.24) is 0 Å². The highest BCUT2D eigenvalue weighted by atomic mass is 16.5. The Morgan fingerprint density at radius 2 is 2.07 bits per heavy atom. The fourth-order valence-electron chi connectivity index (χ4n) is 1.33. The standard InChI is InChI=1S/C10H10N2O2/c1-14-9-4-2-8(3-5-9)12-7-6-11-10(12)13/h2-6H,7H2,1H3. The van der Waals surface area contributed by atoms with Gasteiger partial charge in [-0.15, -0.1) is 0 Å². The molecule has 0 atom stereocenters. The van der Waals surface area contributed by atoms with Gasteiger partial charge in [0, 0.05) is 11.9 Å². The average molecular weight is 190 g/mol. The number of carbonyl (C=O) groups is 1. The first kappa shape index (κ1) is 8.74. The highest BCUT2D eigenvalue weighted by Crippen LogP contribution is 2.20. The number of anilines is 1. The van der Waals surface area contributed by atoms with E-state index in [-0.39, 0.29) is 6.03 Å². The monoisotopic (exact) mass is 190 g/mol. The van der Waals surface area contributed by atoms with Crippen LogP contribution in [0.4, 0.5) is 10.5 Å². The molecular weight excluding hydrogens is 180 g/mol. The van der Waals surface area contributed by atoms with Gasteiger partial charge in [-0.3, -0.25) is 4.90 Å². The Kier molecular flexibility index (Phi) is 2.18. The number of rotatable bonds is 2. The molecule has 0 fully saturated rings. The van der Waals surface area contributed by atoms with Crippen molar-refractivity contribution in [3.63, 3.8) is 0 Å². The molecule has 1 aliphatic rings. The Balaban J connectivity index is 2.21. The van der Waals surface area contributed by atoms with Crippen LogP contribution in [-0.4, -0.2) is 25.9 Å². The van der Waals surface area contributed by atoms with E-state index in [1.165, 1.54) is 0 Å². The molecule has 14 heavy (non-hydrogen) atoms. The number of methoxy groups -OCH3 is 1. The minimum Gasteiger partial charge on any atom is -0.497 e. The summed E-state index contributed by atoms with van der Waals surface area (Å²) in [5.41, 5.74) is 0.841. The Bertz CT molecular complexity index is 370. The number of hydrogen-bond donors (Lipinski definition) is 0. The van der Waals surface area contributed by atoms with Gasteiger partial charge in [0.1, 0.15) is 5.75 Å². The van der Waals surface area contributed by atoms with E-state index in [0.29, 0.717) is 6.54 Å². The largest absolute Gasteiger partial charge is 0.497 e. The van der Waals surface area contributed by atoms with Gasteiger partial charge in [0.2, 0.25) is 0 Å². The highest BCUT2D eigenvalue weighted by molar-refractivity contribution is 6.04. The summed E-state index contributed by atoms with van der Waals surface area (Å²) in [5.74, 6) is 0.779. The Labute approximate surface area is 81.8 Å². The van der Waals surface area contributed by atoms with Gasteiger partial charge in [-0.1, -0.05) is 0 Å². The van der Waals surface area contributed by atoms with E-state index in [1.807, 2.05) is 24.3 Å². The lowest BCUT2D eigenvalue weighted by Gasteiger charge is -2.13. The molecule has 2 rings (SSSR count). The normalized spacial score (nSPS) is 14.9. The Morgan fingerprint density at radius 1 is 1.36 bits per heavy atom. The molecule has 4 nitrogen and oxygen atoms in total. The SMILES string of the molecule is COc1ccc(N2CC=NC2=O)cc1. The second kappa shape index (κ2) is 3.49. The number of hydrogen-bond acceptors (Lipinski definition) is 2. The van der Waals surface area contributed by atoms with Gasteiger partial charge in [0.25, 0.3) is 0 Å². The molecule has 2 amide bonds. The van der Waals surface area contributed by atoms with E-state index in [9.17, 15) is 4.79 Å². The third-order valence-corrected chi connectivity index (χ3v) is 2.08. The lowest BCUT2D eigenvalue weighted by molar-refractivity contribution is 0.256. The molecule has 1 aliphatic heterocycles. The zero-order valence-corrected chi connectivity index (χ0v) is 7.80. The summed E-state index contributed by atoms with van der Waals surface area (Å²) in [6, 6.07) is 7.11. The number of aliphatic imine (C=N–C) groups is 1. The van der Waals surface area contributed by atoms with Gasteiger partial charge in [0.05, 0.1) is 13.7 Å². The molecule has 0 aliphatic carbocycles. The van der Waals surface area contributed by atoms with Gasteiger partial charge in [0.15, 0.2) is 0 Å². The smallest absolute Gasteiger partial charge is 0.348 e. The minimum absolute atomic E-state index is 0.213. The maximum Gasteiger partial charge on any atom is 0.348 e. The third kappa shape index (κ3) is 1.46. The van der Waals surface area contributed by atoms with Crippen molar-refractivity contribution in [2.45, 2.75) is 0 Å². The van der Waals surface area contributed by atoms with Crippen LogP contribution in [0.3, 0.4) is 0 Å². The molecule has 0 aromatic heterocycles. The molecule has 0 saturated carbocycles. The van der Waals surface area contributed by atoms with E-state index in [1.54, 1.807) is 18.2 Å². The van der Waals surface area contributed by atoms with Crippen molar-refractivity contribution in [2.75, 3.05) is 18.6 Å². The second-order valence-corrected chi connectivity index (χ2v) is 2.90. The number of amides is 2. The molecule has 72 valence electrons. The highest BCUT2D eigenvalue weighted by Gasteiger charge is 2.17. The van der Waals surface area contributed by atoms with Gasteiger partial charge >= 0.3 is 6.03 Å². The molecule has 1 aromatic rings. The van der Waals surface area contributed by atoms with Crippen molar-refractivity contribution < 1.29 is 9.53 Å². The van der Waals surface area contributed by atoms with Crippen LogP contribution in [-0.2, 0) is 0 Å². The summed E-state index contributed by atoms with van der Waals surface area (Å²) >= 11 is 0. The fraction of sp³-hybridized carbons (Fsp3) is 0.200. The number of nitrogens with zero attached hydrogens (tertiary/aromatic N) is 2. The summed E-state index contributed by atoms with van der Waals surface area (Å²) in [6.45, 7) is 0.547. The van der Waals surface area contributed by atoms with Crippen LogP contribution in [0.5, 0.6) is 5.75 Å². The van der Waals surface area contributed by atoms with E-state index in [2.05, 4.69) is 4.99 Å². The predicted molar refractivity (Wildman–Crippen MR) is 54.2 cm³/mol. The van der Waals surface area contributed by atoms with Crippen LogP contribution in [0.15, 0.2) is 29.3 Å². The third-order valence-electron chi connectivity index (χ3n) is 2.08. The van der Waals surface area contributed by atoms with Gasteiger partial charge in [-0.05, 0) is 24.3 Å². The van der Waals surface area contributed by atoms with Gasteiger partial charge in [-0.2, -0.15) is 0 Å². The van der Waals surface area contributed by atoms with Crippen molar-refractivity contribution in [1.29, 1.82) is 0 Å². The summed E-state index contributed by atoms with van der Waals surface area (Å²) in [5, 5.41) is 0. The lowest BCUT2D eigenvalue weighted by atomic mass is 10.3. The van der Waals surface area contributed by atoms with Crippen molar-refractivity contribution in [3.05, 3.63) is 24.3 Å². The van der Waals surface area contributed by atoms with Gasteiger partial charge < -0.3 is 4.74 Å². The average Bonchev–Trinajstić information content (AvgIpc) is 2.65. The first-order chi connectivity index (χ1) is 6.81. The lowest BCUT2D eigenvalue weighted by Crippen LogP contribution is -2.23. The van der Waals surface area contributed by atoms with Crippen LogP contribution < -0.4 is 9.64 Å². The fourth-order valence-corrected chi connectivity index (χ4v) is 1.33. The quantitative estimate of drug-likeness (QED) is 0.712. The minimum atomic E-state index is -0.213. The van der Waals surface area contributed by atoms with E-state index in [4.69, 9.17) is 4.74 Å². The Hall–Kier alpha value is -1.84. The zero-order chi connectivity index (χ0) is 9.97. The molecule has 0 bridgehead atoms. The molecule has 0 unspecified atom stereocenters. The van der Waals surface area contributed by atoms with Crippen LogP contribution >= 0.6 is 0 Å². The van der Waals surface area contributed by atoms with Crippen LogP contribution in [0.2, 0.25) is 0 Å². The summed E-state index contributed by atoms with van der Waals surface area (Å²) in [4.78, 5) is 16.5. The zero-order valence-electron chi connectivity index (χ0n) is 7.80.